The summed E-state index contributed by atoms with van der Waals surface area (Å²) in [5, 5.41) is 5.90. The third kappa shape index (κ3) is 5.46. The van der Waals surface area contributed by atoms with Gasteiger partial charge in [0, 0.05) is 30.3 Å². The third-order valence-electron chi connectivity index (χ3n) is 5.24. The Morgan fingerprint density at radius 1 is 1.15 bits per heavy atom. The molecule has 2 fully saturated rings. The number of ether oxygens (including phenoxy) is 1. The first-order valence-electron chi connectivity index (χ1n) is 9.69. The molecule has 1 aromatic carbocycles. The van der Waals surface area contributed by atoms with Gasteiger partial charge < -0.3 is 21.1 Å². The van der Waals surface area contributed by atoms with Crippen LogP contribution in [0.25, 0.3) is 0 Å². The van der Waals surface area contributed by atoms with Crippen molar-refractivity contribution in [1.82, 2.24) is 5.32 Å². The van der Waals surface area contributed by atoms with Gasteiger partial charge in [-0.1, -0.05) is 25.3 Å². The first-order chi connectivity index (χ1) is 12.7. The summed E-state index contributed by atoms with van der Waals surface area (Å²) in [5.74, 6) is 1.09. The Kier molecular flexibility index (Phi) is 6.50. The van der Waals surface area contributed by atoms with Crippen LogP contribution in [-0.4, -0.2) is 31.0 Å². The lowest BCUT2D eigenvalue weighted by molar-refractivity contribution is -0.124. The number of rotatable bonds is 8. The molecule has 0 saturated heterocycles. The summed E-state index contributed by atoms with van der Waals surface area (Å²) < 4.78 is 5.59. The number of nitrogens with two attached hydrogens (primary N) is 1. The highest BCUT2D eigenvalue weighted by Gasteiger charge is 2.29. The second-order valence-corrected chi connectivity index (χ2v) is 7.39. The molecule has 0 radical (unpaired) electrons. The summed E-state index contributed by atoms with van der Waals surface area (Å²) in [7, 11) is 0. The molecule has 0 heterocycles. The summed E-state index contributed by atoms with van der Waals surface area (Å²) in [6, 6.07) is 7.17. The molecule has 1 aromatic rings. The third-order valence-corrected chi connectivity index (χ3v) is 5.24. The number of carbonyl (C=O) groups excluding carboxylic acids is 2. The zero-order valence-electron chi connectivity index (χ0n) is 15.2. The fourth-order valence-electron chi connectivity index (χ4n) is 3.56. The Bertz CT molecular complexity index is 624. The van der Waals surface area contributed by atoms with Crippen molar-refractivity contribution in [3.05, 3.63) is 24.3 Å². The molecule has 1 unspecified atom stereocenters. The van der Waals surface area contributed by atoms with E-state index in [9.17, 15) is 9.59 Å². The van der Waals surface area contributed by atoms with E-state index in [1.165, 1.54) is 19.3 Å². The first-order valence-corrected chi connectivity index (χ1v) is 9.69. The molecule has 0 spiro atoms. The second-order valence-electron chi connectivity index (χ2n) is 7.39. The predicted molar refractivity (Wildman–Crippen MR) is 101 cm³/mol. The minimum Gasteiger partial charge on any atom is -0.484 e. The number of amides is 2. The zero-order valence-corrected chi connectivity index (χ0v) is 15.2. The highest BCUT2D eigenvalue weighted by molar-refractivity contribution is 5.94. The molecular weight excluding hydrogens is 330 g/mol. The average molecular weight is 359 g/mol. The molecule has 0 bridgehead atoms. The molecule has 0 aromatic heterocycles. The van der Waals surface area contributed by atoms with E-state index in [1.807, 2.05) is 6.07 Å². The van der Waals surface area contributed by atoms with Gasteiger partial charge in [-0.3, -0.25) is 9.59 Å². The minimum atomic E-state index is -0.154. The van der Waals surface area contributed by atoms with Crippen LogP contribution >= 0.6 is 0 Å². The normalized spacial score (nSPS) is 18.8. The molecular formula is C20H29N3O3. The summed E-state index contributed by atoms with van der Waals surface area (Å²) in [6.07, 6.45) is 7.90. The number of carbonyl (C=O) groups is 2. The van der Waals surface area contributed by atoms with Crippen LogP contribution in [0.5, 0.6) is 5.75 Å². The van der Waals surface area contributed by atoms with Gasteiger partial charge in [0.2, 0.25) is 5.91 Å². The maximum Gasteiger partial charge on any atom is 0.258 e. The van der Waals surface area contributed by atoms with E-state index in [-0.39, 0.29) is 30.4 Å². The fraction of sp³-hybridized carbons (Fsp3) is 0.600. The average Bonchev–Trinajstić information content (AvgIpc) is 3.51. The predicted octanol–water partition coefficient (Wildman–Crippen LogP) is 2.44. The van der Waals surface area contributed by atoms with Crippen LogP contribution < -0.4 is 21.1 Å². The van der Waals surface area contributed by atoms with Gasteiger partial charge in [-0.2, -0.15) is 0 Å². The van der Waals surface area contributed by atoms with Crippen molar-refractivity contribution >= 4 is 17.5 Å². The van der Waals surface area contributed by atoms with Crippen LogP contribution in [0.15, 0.2) is 24.3 Å². The molecule has 2 aliphatic carbocycles. The van der Waals surface area contributed by atoms with Crippen molar-refractivity contribution in [2.24, 2.45) is 17.6 Å². The van der Waals surface area contributed by atoms with E-state index in [1.54, 1.807) is 18.2 Å². The SMILES string of the molecule is NCC(NC(=O)COc1cccc(NC(=O)C2CC2)c1)C1CCCCC1. The molecule has 1 atom stereocenters. The van der Waals surface area contributed by atoms with E-state index in [0.717, 1.165) is 25.7 Å². The number of hydrogen-bond donors (Lipinski definition) is 3. The smallest absolute Gasteiger partial charge is 0.258 e. The van der Waals surface area contributed by atoms with Crippen molar-refractivity contribution in [1.29, 1.82) is 0 Å². The lowest BCUT2D eigenvalue weighted by Crippen LogP contribution is -2.47. The van der Waals surface area contributed by atoms with Crippen molar-refractivity contribution < 1.29 is 14.3 Å². The Hall–Kier alpha value is -2.08. The Morgan fingerprint density at radius 2 is 1.92 bits per heavy atom. The zero-order chi connectivity index (χ0) is 18.4. The molecule has 0 aliphatic heterocycles. The number of hydrogen-bond acceptors (Lipinski definition) is 4. The topological polar surface area (TPSA) is 93.4 Å². The summed E-state index contributed by atoms with van der Waals surface area (Å²) in [6.45, 7) is 0.405. The molecule has 26 heavy (non-hydrogen) atoms. The van der Waals surface area contributed by atoms with Crippen LogP contribution in [0.1, 0.15) is 44.9 Å². The van der Waals surface area contributed by atoms with Crippen LogP contribution in [0, 0.1) is 11.8 Å². The summed E-state index contributed by atoms with van der Waals surface area (Å²) >= 11 is 0. The lowest BCUT2D eigenvalue weighted by atomic mass is 9.84. The maximum absolute atomic E-state index is 12.2. The molecule has 6 nitrogen and oxygen atoms in total. The van der Waals surface area contributed by atoms with E-state index in [4.69, 9.17) is 10.5 Å². The van der Waals surface area contributed by atoms with Gasteiger partial charge in [0.05, 0.1) is 0 Å². The maximum atomic E-state index is 12.2. The van der Waals surface area contributed by atoms with Crippen LogP contribution in [0.4, 0.5) is 5.69 Å². The largest absolute Gasteiger partial charge is 0.484 e. The standard InChI is InChI=1S/C20H29N3O3/c21-12-18(14-5-2-1-3-6-14)23-19(24)13-26-17-8-4-7-16(11-17)22-20(25)15-9-10-15/h4,7-8,11,14-15,18H,1-3,5-6,9-10,12-13,21H2,(H,22,25)(H,23,24). The number of benzene rings is 1. The quantitative estimate of drug-likeness (QED) is 0.664. The van der Waals surface area contributed by atoms with Crippen LogP contribution in [0.2, 0.25) is 0 Å². The van der Waals surface area contributed by atoms with Crippen molar-refractivity contribution in [2.75, 3.05) is 18.5 Å². The molecule has 2 amide bonds. The molecule has 3 rings (SSSR count). The van der Waals surface area contributed by atoms with Gasteiger partial charge in [0.25, 0.3) is 5.91 Å². The molecule has 4 N–H and O–H groups in total. The van der Waals surface area contributed by atoms with Gasteiger partial charge in [0.15, 0.2) is 6.61 Å². The Balaban J connectivity index is 1.46. The highest BCUT2D eigenvalue weighted by Crippen LogP contribution is 2.30. The molecule has 6 heteroatoms. The van der Waals surface area contributed by atoms with Gasteiger partial charge in [-0.05, 0) is 43.7 Å². The number of nitrogens with one attached hydrogen (secondary N) is 2. The van der Waals surface area contributed by atoms with Crippen molar-refractivity contribution in [3.8, 4) is 5.75 Å². The minimum absolute atomic E-state index is 0.0237. The van der Waals surface area contributed by atoms with E-state index in [0.29, 0.717) is 23.9 Å². The van der Waals surface area contributed by atoms with Gasteiger partial charge in [0.1, 0.15) is 5.75 Å². The van der Waals surface area contributed by atoms with Crippen molar-refractivity contribution in [2.45, 2.75) is 51.0 Å². The first kappa shape index (κ1) is 18.7. The molecule has 142 valence electrons. The molecule has 2 saturated carbocycles. The second kappa shape index (κ2) is 9.03. The Labute approximate surface area is 154 Å². The van der Waals surface area contributed by atoms with E-state index in [2.05, 4.69) is 10.6 Å². The van der Waals surface area contributed by atoms with Crippen LogP contribution in [-0.2, 0) is 9.59 Å². The van der Waals surface area contributed by atoms with Gasteiger partial charge >= 0.3 is 0 Å². The molecule has 2 aliphatic rings. The van der Waals surface area contributed by atoms with Crippen molar-refractivity contribution in [3.63, 3.8) is 0 Å². The summed E-state index contributed by atoms with van der Waals surface area (Å²) in [5.41, 5.74) is 6.56. The highest BCUT2D eigenvalue weighted by atomic mass is 16.5. The monoisotopic (exact) mass is 359 g/mol. The van der Waals surface area contributed by atoms with E-state index >= 15 is 0 Å². The fourth-order valence-corrected chi connectivity index (χ4v) is 3.56. The van der Waals surface area contributed by atoms with Gasteiger partial charge in [-0.25, -0.2) is 0 Å². The summed E-state index contributed by atoms with van der Waals surface area (Å²) in [4.78, 5) is 24.1. The van der Waals surface area contributed by atoms with E-state index < -0.39 is 0 Å². The van der Waals surface area contributed by atoms with Crippen LogP contribution in [0.3, 0.4) is 0 Å². The Morgan fingerprint density at radius 3 is 2.62 bits per heavy atom. The van der Waals surface area contributed by atoms with Gasteiger partial charge in [-0.15, -0.1) is 0 Å². The number of anilines is 1. The lowest BCUT2D eigenvalue weighted by Gasteiger charge is -2.30.